The van der Waals surface area contributed by atoms with Gasteiger partial charge >= 0.3 is 5.97 Å². The van der Waals surface area contributed by atoms with Gasteiger partial charge in [0.2, 0.25) is 65.0 Å². The molecule has 508 valence electrons. The maximum absolute atomic E-state index is 14.5. The average molecular weight is 1290 g/mol. The van der Waals surface area contributed by atoms with Gasteiger partial charge in [0.25, 0.3) is 0 Å². The molecule has 30 nitrogen and oxygen atoms in total. The summed E-state index contributed by atoms with van der Waals surface area (Å²) in [7, 11) is 0. The highest BCUT2D eigenvalue weighted by Crippen LogP contribution is 2.15. The molecule has 31 heteroatoms. The Bertz CT molecular complexity index is 2560. The van der Waals surface area contributed by atoms with Gasteiger partial charge in [0.1, 0.15) is 54.4 Å². The van der Waals surface area contributed by atoms with Crippen molar-refractivity contribution in [3.05, 3.63) is 35.9 Å². The van der Waals surface area contributed by atoms with Gasteiger partial charge in [-0.2, -0.15) is 11.8 Å². The van der Waals surface area contributed by atoms with Crippen molar-refractivity contribution in [1.29, 1.82) is 0 Å². The topological polar surface area (TPSA) is 488 Å². The lowest BCUT2D eigenvalue weighted by atomic mass is 9.96. The molecule has 0 spiro atoms. The van der Waals surface area contributed by atoms with Crippen LogP contribution in [-0.4, -0.2) is 197 Å². The molecule has 1 aromatic rings. The molecule has 0 unspecified atom stereocenters. The Labute approximate surface area is 531 Å². The van der Waals surface area contributed by atoms with Gasteiger partial charge in [-0.1, -0.05) is 106 Å². The minimum Gasteiger partial charge on any atom is -0.480 e. The molecule has 0 aliphatic rings. The van der Waals surface area contributed by atoms with E-state index in [0.29, 0.717) is 17.7 Å². The van der Waals surface area contributed by atoms with E-state index >= 15 is 0 Å². The van der Waals surface area contributed by atoms with E-state index in [4.69, 9.17) is 17.2 Å². The first kappa shape index (κ1) is 80.4. The fourth-order valence-corrected chi connectivity index (χ4v) is 9.20. The van der Waals surface area contributed by atoms with Crippen molar-refractivity contribution in [2.24, 2.45) is 51.8 Å². The lowest BCUT2D eigenvalue weighted by molar-refractivity contribution is -0.143. The number of hydrogen-bond acceptors (Lipinski definition) is 17. The molecule has 11 amide bonds. The van der Waals surface area contributed by atoms with E-state index in [9.17, 15) is 72.9 Å². The normalized spacial score (nSPS) is 15.3. The summed E-state index contributed by atoms with van der Waals surface area (Å²) in [6.07, 6.45) is 1.14. The third kappa shape index (κ3) is 30.2. The first-order valence-corrected chi connectivity index (χ1v) is 31.7. The van der Waals surface area contributed by atoms with Crippen molar-refractivity contribution in [3.8, 4) is 0 Å². The fourth-order valence-electron chi connectivity index (χ4n) is 8.73. The minimum atomic E-state index is -1.69. The SMILES string of the molecule is CC[C@H](C)[C@H](NC(=O)[C@H](Cc1ccccc1)NC(=O)[C@H](CCCN=C(N)N)NC(=O)[C@@H](N)C(C)C)C(=O)N[C@@H](CCSC)C(=O)N[C@@H](CC(C)C)C(=O)N[C@H](C(=O)NCC(=O)NCC(=O)N[C@@H](CO)C(=O)N[C@H](C(=O)N[C@@H](CC(C)C)C(=O)O)[C@@H](C)O)C(C)C. The number of aliphatic imine (C=N–C) groups is 1. The number of aliphatic carboxylic acids is 1. The smallest absolute Gasteiger partial charge is 0.326 e. The number of benzene rings is 1. The molecule has 1 rings (SSSR count). The number of carboxylic acid groups (broad SMARTS) is 1. The van der Waals surface area contributed by atoms with Crippen LogP contribution in [-0.2, 0) is 64.0 Å². The molecule has 12 atom stereocenters. The molecule has 0 saturated carbocycles. The molecular weight excluding hydrogens is 1190 g/mol. The summed E-state index contributed by atoms with van der Waals surface area (Å²) in [5.41, 5.74) is 17.8. The highest BCUT2D eigenvalue weighted by Gasteiger charge is 2.37. The number of hydrogen-bond donors (Lipinski definition) is 17. The summed E-state index contributed by atoms with van der Waals surface area (Å²) in [5.74, 6) is -12.0. The Balaban J connectivity index is 3.29. The van der Waals surface area contributed by atoms with E-state index in [-0.39, 0.29) is 68.8 Å². The van der Waals surface area contributed by atoms with Gasteiger partial charge in [-0.05, 0) is 86.2 Å². The van der Waals surface area contributed by atoms with Crippen LogP contribution in [0.4, 0.5) is 0 Å². The summed E-state index contributed by atoms with van der Waals surface area (Å²) < 4.78 is 0. The van der Waals surface area contributed by atoms with Crippen LogP contribution >= 0.6 is 11.8 Å². The number of carboxylic acids is 1. The number of guanidine groups is 1. The largest absolute Gasteiger partial charge is 0.480 e. The highest BCUT2D eigenvalue weighted by molar-refractivity contribution is 7.98. The third-order valence-corrected chi connectivity index (χ3v) is 14.9. The number of nitrogens with one attached hydrogen (secondary N) is 11. The number of carbonyl (C=O) groups excluding carboxylic acids is 11. The van der Waals surface area contributed by atoms with Gasteiger partial charge in [-0.25, -0.2) is 4.79 Å². The van der Waals surface area contributed by atoms with Gasteiger partial charge in [0.15, 0.2) is 5.96 Å². The van der Waals surface area contributed by atoms with E-state index < -0.39 is 169 Å². The summed E-state index contributed by atoms with van der Waals surface area (Å²) in [6, 6.07) is -4.36. The van der Waals surface area contributed by atoms with Crippen molar-refractivity contribution in [2.45, 2.75) is 188 Å². The van der Waals surface area contributed by atoms with Crippen LogP contribution in [0.15, 0.2) is 35.3 Å². The molecule has 0 radical (unpaired) electrons. The number of nitrogens with zero attached hydrogens (tertiary/aromatic N) is 1. The first-order valence-electron chi connectivity index (χ1n) is 30.3. The number of rotatable bonds is 42. The standard InChI is InChI=1S/C59H101N15O15S/c1-13-34(10)47(73-52(82)40(26-36-18-15-14-16-19-36)70-49(79)37(20-17-22-63-59(61)62)67-54(84)45(60)32(6)7)56(86)68-38(21-23-90-12)50(80)69-39(24-30(2)3)51(81)72-46(33(8)9)55(85)65-27-43(77)64-28-44(78)66-42(29-75)53(83)74-48(35(11)76)57(87)71-41(58(88)89)25-31(4)5/h14-16,18-19,30-35,37-42,45-48,75-76H,13,17,20-29,60H2,1-12H3,(H,64,77)(H,65,85)(H,66,78)(H,67,84)(H,68,86)(H,69,80)(H,70,79)(H,71,87)(H,72,81)(H,73,82)(H,74,83)(H,88,89)(H4,61,62,63)/t34-,35+,37-,38-,39-,40-,41-,42-,45-,46-,47-,48-/m0/s1. The molecule has 0 bridgehead atoms. The van der Waals surface area contributed by atoms with Crippen molar-refractivity contribution >= 4 is 88.7 Å². The summed E-state index contributed by atoms with van der Waals surface area (Å²) >= 11 is 1.38. The van der Waals surface area contributed by atoms with E-state index in [1.807, 2.05) is 0 Å². The number of carbonyl (C=O) groups is 12. The number of thioether (sulfide) groups is 1. The van der Waals surface area contributed by atoms with E-state index in [1.54, 1.807) is 106 Å². The van der Waals surface area contributed by atoms with Gasteiger partial charge in [0.05, 0.1) is 31.8 Å². The monoisotopic (exact) mass is 1290 g/mol. The number of amides is 11. The zero-order chi connectivity index (χ0) is 68.5. The second-order valence-corrected chi connectivity index (χ2v) is 24.7. The molecule has 20 N–H and O–H groups in total. The number of nitrogens with two attached hydrogens (primary N) is 3. The zero-order valence-electron chi connectivity index (χ0n) is 53.9. The van der Waals surface area contributed by atoms with Gasteiger partial charge in [0, 0.05) is 13.0 Å². The predicted molar refractivity (Wildman–Crippen MR) is 339 cm³/mol. The Kier molecular flexibility index (Phi) is 37.2. The molecule has 0 heterocycles. The molecular formula is C59H101N15O15S. The lowest BCUT2D eigenvalue weighted by Gasteiger charge is -2.30. The quantitative estimate of drug-likeness (QED) is 0.0175. The first-order chi connectivity index (χ1) is 42.2. The van der Waals surface area contributed by atoms with E-state index in [0.717, 1.165) is 6.92 Å². The number of aliphatic hydroxyl groups is 2. The summed E-state index contributed by atoms with van der Waals surface area (Å²) in [4.78, 5) is 166. The van der Waals surface area contributed by atoms with Crippen LogP contribution in [0.3, 0.4) is 0 Å². The van der Waals surface area contributed by atoms with E-state index in [2.05, 4.69) is 63.5 Å². The van der Waals surface area contributed by atoms with Crippen molar-refractivity contribution in [3.63, 3.8) is 0 Å². The van der Waals surface area contributed by atoms with Crippen LogP contribution in [0.1, 0.15) is 120 Å². The molecule has 0 saturated heterocycles. The van der Waals surface area contributed by atoms with Crippen LogP contribution in [0.5, 0.6) is 0 Å². The van der Waals surface area contributed by atoms with Crippen LogP contribution in [0.2, 0.25) is 0 Å². The average Bonchev–Trinajstić information content (AvgIpc) is 1.43. The molecule has 90 heavy (non-hydrogen) atoms. The van der Waals surface area contributed by atoms with Crippen molar-refractivity contribution in [2.75, 3.05) is 38.2 Å². The summed E-state index contributed by atoms with van der Waals surface area (Å²) in [6.45, 7) is 16.2. The Hall–Kier alpha value is -7.64. The van der Waals surface area contributed by atoms with Crippen molar-refractivity contribution in [1.82, 2.24) is 58.5 Å². The van der Waals surface area contributed by atoms with E-state index in [1.165, 1.54) is 11.8 Å². The highest BCUT2D eigenvalue weighted by atomic mass is 32.2. The fraction of sp³-hybridized carbons (Fsp3) is 0.678. The second-order valence-electron chi connectivity index (χ2n) is 23.7. The lowest BCUT2D eigenvalue weighted by Crippen LogP contribution is -2.61. The number of aliphatic hydroxyl groups excluding tert-OH is 2. The van der Waals surface area contributed by atoms with Gasteiger partial charge < -0.3 is 91.0 Å². The Morgan fingerprint density at radius 1 is 0.533 bits per heavy atom. The van der Waals surface area contributed by atoms with Gasteiger partial charge in [-0.15, -0.1) is 0 Å². The van der Waals surface area contributed by atoms with Gasteiger partial charge in [-0.3, -0.25) is 57.7 Å². The van der Waals surface area contributed by atoms with Crippen molar-refractivity contribution < 1.29 is 72.9 Å². The maximum Gasteiger partial charge on any atom is 0.326 e. The Morgan fingerprint density at radius 3 is 1.53 bits per heavy atom. The Morgan fingerprint density at radius 2 is 1.01 bits per heavy atom. The molecule has 0 aromatic heterocycles. The van der Waals surface area contributed by atoms with Crippen LogP contribution in [0.25, 0.3) is 0 Å². The molecule has 0 fully saturated rings. The minimum absolute atomic E-state index is 0.0291. The zero-order valence-corrected chi connectivity index (χ0v) is 54.8. The summed E-state index contributed by atoms with van der Waals surface area (Å²) in [5, 5.41) is 57.4. The third-order valence-electron chi connectivity index (χ3n) is 14.2. The second kappa shape index (κ2) is 41.6. The predicted octanol–water partition coefficient (Wildman–Crippen LogP) is -3.13. The molecule has 0 aliphatic carbocycles. The van der Waals surface area contributed by atoms with Crippen LogP contribution < -0.4 is 75.7 Å². The van der Waals surface area contributed by atoms with Crippen LogP contribution in [0, 0.1) is 29.6 Å². The molecule has 0 aliphatic heterocycles. The molecule has 1 aromatic carbocycles. The maximum atomic E-state index is 14.5.